The third-order valence-electron chi connectivity index (χ3n) is 4.23. The lowest BCUT2D eigenvalue weighted by molar-refractivity contribution is 0.0930. The van der Waals surface area contributed by atoms with Crippen LogP contribution in [0, 0.1) is 0 Å². The monoisotopic (exact) mass is 322 g/mol. The van der Waals surface area contributed by atoms with Crippen molar-refractivity contribution in [2.45, 2.75) is 31.7 Å². The van der Waals surface area contributed by atoms with Crippen molar-refractivity contribution in [2.75, 3.05) is 0 Å². The number of benzene rings is 1. The van der Waals surface area contributed by atoms with E-state index in [2.05, 4.69) is 15.6 Å². The van der Waals surface area contributed by atoms with E-state index >= 15 is 0 Å². The molecular weight excluding hydrogens is 304 g/mol. The van der Waals surface area contributed by atoms with Gasteiger partial charge in [-0.15, -0.1) is 0 Å². The molecule has 1 amide bonds. The molecule has 1 aromatic carbocycles. The summed E-state index contributed by atoms with van der Waals surface area (Å²) in [5.41, 5.74) is 2.30. The summed E-state index contributed by atoms with van der Waals surface area (Å²) in [5, 5.41) is 11.1. The maximum atomic E-state index is 12.3. The fraction of sp³-hybridized carbons (Fsp3) is 0.278. The lowest BCUT2D eigenvalue weighted by Crippen LogP contribution is -2.27. The van der Waals surface area contributed by atoms with Gasteiger partial charge in [-0.2, -0.15) is 5.10 Å². The Morgan fingerprint density at radius 3 is 2.96 bits per heavy atom. The van der Waals surface area contributed by atoms with Gasteiger partial charge in [-0.25, -0.2) is 4.68 Å². The number of hydrogen-bond acceptors (Lipinski definition) is 4. The predicted molar refractivity (Wildman–Crippen MR) is 87.9 cm³/mol. The van der Waals surface area contributed by atoms with Crippen LogP contribution in [0.4, 0.5) is 0 Å². The zero-order chi connectivity index (χ0) is 16.5. The zero-order valence-corrected chi connectivity index (χ0v) is 13.3. The van der Waals surface area contributed by atoms with Crippen LogP contribution in [0.1, 0.15) is 53.5 Å². The van der Waals surface area contributed by atoms with E-state index in [1.54, 1.807) is 16.9 Å². The van der Waals surface area contributed by atoms with Crippen LogP contribution in [0.15, 0.2) is 53.3 Å². The summed E-state index contributed by atoms with van der Waals surface area (Å²) < 4.78 is 7.03. The first-order valence-electron chi connectivity index (χ1n) is 8.08. The molecule has 1 saturated carbocycles. The first-order chi connectivity index (χ1) is 11.7. The Labute approximate surface area is 139 Å². The molecule has 0 saturated heterocycles. The molecule has 1 unspecified atom stereocenters. The van der Waals surface area contributed by atoms with Crippen LogP contribution >= 0.6 is 0 Å². The van der Waals surface area contributed by atoms with Gasteiger partial charge in [-0.3, -0.25) is 4.79 Å². The molecule has 0 bridgehead atoms. The summed E-state index contributed by atoms with van der Waals surface area (Å²) in [4.78, 5) is 12.3. The quantitative estimate of drug-likeness (QED) is 0.783. The fourth-order valence-corrected chi connectivity index (χ4v) is 2.67. The van der Waals surface area contributed by atoms with Gasteiger partial charge in [0.25, 0.3) is 5.91 Å². The second kappa shape index (κ2) is 5.96. The second-order valence-electron chi connectivity index (χ2n) is 6.13. The fourth-order valence-electron chi connectivity index (χ4n) is 2.67. The van der Waals surface area contributed by atoms with E-state index in [-0.39, 0.29) is 11.9 Å². The van der Waals surface area contributed by atoms with Crippen molar-refractivity contribution in [3.05, 3.63) is 65.8 Å². The minimum Gasteiger partial charge on any atom is -0.360 e. The highest BCUT2D eigenvalue weighted by atomic mass is 16.5. The summed E-state index contributed by atoms with van der Waals surface area (Å²) >= 11 is 0. The minimum atomic E-state index is -0.220. The Balaban J connectivity index is 1.48. The Bertz CT molecular complexity index is 850. The molecule has 6 nitrogen and oxygen atoms in total. The van der Waals surface area contributed by atoms with Crippen molar-refractivity contribution in [1.82, 2.24) is 20.3 Å². The van der Waals surface area contributed by atoms with Gasteiger partial charge in [0, 0.05) is 24.4 Å². The topological polar surface area (TPSA) is 73.0 Å². The second-order valence-corrected chi connectivity index (χ2v) is 6.13. The maximum Gasteiger partial charge on any atom is 0.273 e. The van der Waals surface area contributed by atoms with E-state index in [4.69, 9.17) is 4.52 Å². The molecule has 1 fully saturated rings. The number of nitrogens with zero attached hydrogens (tertiary/aromatic N) is 3. The minimum absolute atomic E-state index is 0.144. The van der Waals surface area contributed by atoms with Gasteiger partial charge in [-0.05, 0) is 43.5 Å². The molecule has 6 heteroatoms. The van der Waals surface area contributed by atoms with E-state index in [0.717, 1.165) is 29.9 Å². The number of hydrogen-bond donors (Lipinski definition) is 1. The van der Waals surface area contributed by atoms with Gasteiger partial charge < -0.3 is 9.84 Å². The van der Waals surface area contributed by atoms with Crippen molar-refractivity contribution in [3.8, 4) is 5.69 Å². The van der Waals surface area contributed by atoms with Crippen LogP contribution in [0.3, 0.4) is 0 Å². The lowest BCUT2D eigenvalue weighted by atomic mass is 10.1. The van der Waals surface area contributed by atoms with Gasteiger partial charge in [0.1, 0.15) is 5.76 Å². The normalized spacial score (nSPS) is 15.2. The Kier molecular flexibility index (Phi) is 3.65. The molecule has 4 rings (SSSR count). The number of carbonyl (C=O) groups excluding carboxylic acids is 1. The number of aromatic nitrogens is 3. The van der Waals surface area contributed by atoms with Crippen molar-refractivity contribution < 1.29 is 9.32 Å². The highest BCUT2D eigenvalue weighted by Crippen LogP contribution is 2.40. The maximum absolute atomic E-state index is 12.3. The average Bonchev–Trinajstić information content (AvgIpc) is 3.12. The third kappa shape index (κ3) is 2.95. The molecule has 1 aliphatic carbocycles. The standard InChI is InChI=1S/C18H18N4O2/c1-12(14-4-2-5-15(10-14)22-9-3-8-19-22)20-18(23)16-11-17(24-21-16)13-6-7-13/h2-5,8-13H,6-7H2,1H3,(H,20,23). The van der Waals surface area contributed by atoms with E-state index in [1.807, 2.05) is 43.5 Å². The van der Waals surface area contributed by atoms with Gasteiger partial charge in [0.05, 0.1) is 11.7 Å². The van der Waals surface area contributed by atoms with Crippen LogP contribution in [-0.4, -0.2) is 20.8 Å². The predicted octanol–water partition coefficient (Wildman–Crippen LogP) is 3.23. The molecule has 0 radical (unpaired) electrons. The molecule has 122 valence electrons. The highest BCUT2D eigenvalue weighted by molar-refractivity contribution is 5.92. The smallest absolute Gasteiger partial charge is 0.273 e. The largest absolute Gasteiger partial charge is 0.360 e. The lowest BCUT2D eigenvalue weighted by Gasteiger charge is -2.14. The molecule has 2 heterocycles. The van der Waals surface area contributed by atoms with Crippen molar-refractivity contribution in [1.29, 1.82) is 0 Å². The summed E-state index contributed by atoms with van der Waals surface area (Å²) in [6.07, 6.45) is 5.86. The van der Waals surface area contributed by atoms with E-state index in [9.17, 15) is 4.79 Å². The van der Waals surface area contributed by atoms with Crippen molar-refractivity contribution in [2.24, 2.45) is 0 Å². The molecular formula is C18H18N4O2. The zero-order valence-electron chi connectivity index (χ0n) is 13.3. The SMILES string of the molecule is CC(NC(=O)c1cc(C2CC2)on1)c1cccc(-n2cccn2)c1. The molecule has 1 atom stereocenters. The Morgan fingerprint density at radius 1 is 1.33 bits per heavy atom. The first-order valence-corrected chi connectivity index (χ1v) is 8.08. The molecule has 3 aromatic rings. The van der Waals surface area contributed by atoms with Crippen LogP contribution in [0.25, 0.3) is 5.69 Å². The summed E-state index contributed by atoms with van der Waals surface area (Å²) in [5.74, 6) is 1.04. The van der Waals surface area contributed by atoms with Gasteiger partial charge >= 0.3 is 0 Å². The molecule has 24 heavy (non-hydrogen) atoms. The van der Waals surface area contributed by atoms with Crippen LogP contribution < -0.4 is 5.32 Å². The third-order valence-corrected chi connectivity index (χ3v) is 4.23. The number of rotatable bonds is 5. The average molecular weight is 322 g/mol. The number of amides is 1. The highest BCUT2D eigenvalue weighted by Gasteiger charge is 2.29. The van der Waals surface area contributed by atoms with Gasteiger partial charge in [-0.1, -0.05) is 17.3 Å². The van der Waals surface area contributed by atoms with Crippen LogP contribution in [0.2, 0.25) is 0 Å². The van der Waals surface area contributed by atoms with Crippen LogP contribution in [0.5, 0.6) is 0 Å². The molecule has 1 aliphatic rings. The Morgan fingerprint density at radius 2 is 2.21 bits per heavy atom. The van der Waals surface area contributed by atoms with Gasteiger partial charge in [0.2, 0.25) is 0 Å². The van der Waals surface area contributed by atoms with E-state index in [0.29, 0.717) is 11.6 Å². The number of nitrogens with one attached hydrogen (secondary N) is 1. The van der Waals surface area contributed by atoms with Crippen molar-refractivity contribution >= 4 is 5.91 Å². The first kappa shape index (κ1) is 14.7. The molecule has 1 N–H and O–H groups in total. The van der Waals surface area contributed by atoms with Crippen LogP contribution in [-0.2, 0) is 0 Å². The molecule has 0 spiro atoms. The summed E-state index contributed by atoms with van der Waals surface area (Å²) in [6.45, 7) is 1.95. The molecule has 0 aliphatic heterocycles. The molecule has 2 aromatic heterocycles. The van der Waals surface area contributed by atoms with Crippen molar-refractivity contribution in [3.63, 3.8) is 0 Å². The summed E-state index contributed by atoms with van der Waals surface area (Å²) in [7, 11) is 0. The number of carbonyl (C=O) groups is 1. The van der Waals surface area contributed by atoms with E-state index in [1.165, 1.54) is 0 Å². The Hall–Kier alpha value is -2.89. The van der Waals surface area contributed by atoms with Gasteiger partial charge in [0.15, 0.2) is 5.69 Å². The van der Waals surface area contributed by atoms with E-state index < -0.39 is 0 Å². The summed E-state index contributed by atoms with van der Waals surface area (Å²) in [6, 6.07) is 11.4.